The second-order valence-electron chi connectivity index (χ2n) is 7.93. The van der Waals surface area contributed by atoms with Crippen molar-refractivity contribution in [1.82, 2.24) is 19.6 Å². The van der Waals surface area contributed by atoms with E-state index in [-0.39, 0.29) is 10.8 Å². The van der Waals surface area contributed by atoms with E-state index < -0.39 is 10.0 Å². The largest absolute Gasteiger partial charge is 0.381 e. The molecule has 166 valence electrons. The molecule has 4 heterocycles. The fourth-order valence-corrected chi connectivity index (χ4v) is 5.77. The fourth-order valence-electron chi connectivity index (χ4n) is 3.98. The summed E-state index contributed by atoms with van der Waals surface area (Å²) in [5.74, 6) is 1.81. The van der Waals surface area contributed by atoms with Crippen LogP contribution in [0.5, 0.6) is 0 Å². The quantitative estimate of drug-likeness (QED) is 0.566. The minimum atomic E-state index is -3.66. The highest BCUT2D eigenvalue weighted by atomic mass is 32.2. The van der Waals surface area contributed by atoms with Crippen molar-refractivity contribution in [3.05, 3.63) is 23.2 Å². The van der Waals surface area contributed by atoms with Gasteiger partial charge in [0.2, 0.25) is 15.9 Å². The summed E-state index contributed by atoms with van der Waals surface area (Å²) in [4.78, 5) is 4.61. The molecule has 0 radical (unpaired) electrons. The van der Waals surface area contributed by atoms with Gasteiger partial charge in [0.15, 0.2) is 11.6 Å². The molecule has 0 spiro atoms. The number of hydrogen-bond donors (Lipinski definition) is 0. The van der Waals surface area contributed by atoms with E-state index in [4.69, 9.17) is 18.5 Å². The summed E-state index contributed by atoms with van der Waals surface area (Å²) in [5, 5.41) is 7.79. The Labute approximate surface area is 175 Å². The third-order valence-corrected chi connectivity index (χ3v) is 7.82. The highest BCUT2D eigenvalue weighted by molar-refractivity contribution is 7.89. The molecule has 0 bridgehead atoms. The third kappa shape index (κ3) is 4.58. The molecule has 0 N–H and O–H groups in total. The van der Waals surface area contributed by atoms with Gasteiger partial charge in [-0.05, 0) is 39.0 Å². The van der Waals surface area contributed by atoms with Crippen molar-refractivity contribution in [1.29, 1.82) is 0 Å². The monoisotopic (exact) mass is 440 g/mol. The Balaban J connectivity index is 1.29. The van der Waals surface area contributed by atoms with Crippen molar-refractivity contribution in [3.8, 4) is 0 Å². The number of rotatable bonds is 8. The molecule has 2 aliphatic heterocycles. The number of aryl methyl sites for hydroxylation is 2. The molecule has 30 heavy (non-hydrogen) atoms. The first-order valence-corrected chi connectivity index (χ1v) is 11.8. The molecule has 11 heteroatoms. The molecule has 2 saturated heterocycles. The number of aromatic nitrogens is 3. The van der Waals surface area contributed by atoms with Gasteiger partial charge in [0.05, 0.1) is 12.5 Å². The van der Waals surface area contributed by atoms with Gasteiger partial charge in [-0.25, -0.2) is 8.42 Å². The zero-order valence-corrected chi connectivity index (χ0v) is 18.2. The van der Waals surface area contributed by atoms with Crippen LogP contribution in [0.15, 0.2) is 13.9 Å². The second-order valence-corrected chi connectivity index (χ2v) is 9.81. The molecule has 0 amide bonds. The predicted octanol–water partition coefficient (Wildman–Crippen LogP) is 1.84. The topological polar surface area (TPSA) is 121 Å². The lowest BCUT2D eigenvalue weighted by molar-refractivity contribution is 0.0211. The first-order valence-electron chi connectivity index (χ1n) is 10.4. The van der Waals surface area contributed by atoms with Crippen LogP contribution in [-0.4, -0.2) is 67.5 Å². The predicted molar refractivity (Wildman–Crippen MR) is 104 cm³/mol. The summed E-state index contributed by atoms with van der Waals surface area (Å²) >= 11 is 0. The standard InChI is InChI=1S/C19H28N4O6S/c1-13-18(14(2)28-21-13)30(24,25)23-7-3-16(11-23)19-20-17(22-29-19)6-10-27-12-15-4-8-26-9-5-15/h15-16H,3-12H2,1-2H3. The Morgan fingerprint density at radius 1 is 1.13 bits per heavy atom. The molecule has 2 aromatic heterocycles. The maximum atomic E-state index is 13.0. The lowest BCUT2D eigenvalue weighted by Gasteiger charge is -2.21. The molecule has 0 aromatic carbocycles. The van der Waals surface area contributed by atoms with Gasteiger partial charge >= 0.3 is 0 Å². The van der Waals surface area contributed by atoms with Gasteiger partial charge in [-0.2, -0.15) is 9.29 Å². The van der Waals surface area contributed by atoms with Crippen molar-refractivity contribution in [2.45, 2.75) is 50.3 Å². The normalized spacial score (nSPS) is 21.5. The Kier molecular flexibility index (Phi) is 6.51. The van der Waals surface area contributed by atoms with Crippen molar-refractivity contribution in [2.75, 3.05) is 39.5 Å². The molecule has 2 aromatic rings. The van der Waals surface area contributed by atoms with E-state index in [0.29, 0.717) is 61.6 Å². The van der Waals surface area contributed by atoms with Crippen LogP contribution >= 0.6 is 0 Å². The summed E-state index contributed by atoms with van der Waals surface area (Å²) in [6.07, 6.45) is 3.29. The average Bonchev–Trinajstić information content (AvgIpc) is 3.46. The first kappa shape index (κ1) is 21.4. The van der Waals surface area contributed by atoms with Crippen LogP contribution in [0.25, 0.3) is 0 Å². The zero-order valence-electron chi connectivity index (χ0n) is 17.4. The molecular formula is C19H28N4O6S. The molecule has 1 atom stereocenters. The van der Waals surface area contributed by atoms with E-state index in [1.54, 1.807) is 13.8 Å². The summed E-state index contributed by atoms with van der Waals surface area (Å²) in [7, 11) is -3.66. The summed E-state index contributed by atoms with van der Waals surface area (Å²) in [5.41, 5.74) is 0.372. The van der Waals surface area contributed by atoms with Crippen LogP contribution in [0.2, 0.25) is 0 Å². The van der Waals surface area contributed by atoms with E-state index in [0.717, 1.165) is 32.7 Å². The van der Waals surface area contributed by atoms with Crippen LogP contribution in [0, 0.1) is 19.8 Å². The minimum Gasteiger partial charge on any atom is -0.381 e. The molecule has 2 aliphatic rings. The highest BCUT2D eigenvalue weighted by Crippen LogP contribution is 2.32. The van der Waals surface area contributed by atoms with Crippen molar-refractivity contribution < 1.29 is 26.9 Å². The smallest absolute Gasteiger partial charge is 0.248 e. The fraction of sp³-hybridized carbons (Fsp3) is 0.737. The maximum absolute atomic E-state index is 13.0. The Hall–Kier alpha value is -1.82. The number of ether oxygens (including phenoxy) is 2. The Morgan fingerprint density at radius 2 is 1.93 bits per heavy atom. The van der Waals surface area contributed by atoms with Crippen LogP contribution in [0.4, 0.5) is 0 Å². The van der Waals surface area contributed by atoms with Crippen LogP contribution in [-0.2, 0) is 25.9 Å². The third-order valence-electron chi connectivity index (χ3n) is 5.71. The Bertz CT molecular complexity index is 931. The lowest BCUT2D eigenvalue weighted by atomic mass is 10.0. The molecule has 2 fully saturated rings. The van der Waals surface area contributed by atoms with Crippen molar-refractivity contribution in [2.24, 2.45) is 5.92 Å². The SMILES string of the molecule is Cc1noc(C)c1S(=O)(=O)N1CCC(c2nc(CCOCC3CCOCC3)no2)C1. The summed E-state index contributed by atoms with van der Waals surface area (Å²) in [6, 6.07) is 0. The number of nitrogens with zero attached hydrogens (tertiary/aromatic N) is 4. The van der Waals surface area contributed by atoms with Gasteiger partial charge in [-0.3, -0.25) is 0 Å². The number of sulfonamides is 1. The van der Waals surface area contributed by atoms with Gasteiger partial charge in [0, 0.05) is 39.3 Å². The minimum absolute atomic E-state index is 0.121. The number of hydrogen-bond acceptors (Lipinski definition) is 9. The zero-order chi connectivity index (χ0) is 21.1. The van der Waals surface area contributed by atoms with Crippen molar-refractivity contribution in [3.63, 3.8) is 0 Å². The highest BCUT2D eigenvalue weighted by Gasteiger charge is 2.38. The second kappa shape index (κ2) is 9.13. The summed E-state index contributed by atoms with van der Waals surface area (Å²) in [6.45, 7) is 6.81. The lowest BCUT2D eigenvalue weighted by Crippen LogP contribution is -2.29. The molecule has 0 saturated carbocycles. The molecule has 4 rings (SSSR count). The van der Waals surface area contributed by atoms with Gasteiger partial charge < -0.3 is 18.5 Å². The van der Waals surface area contributed by atoms with E-state index >= 15 is 0 Å². The van der Waals surface area contributed by atoms with E-state index in [2.05, 4.69) is 15.3 Å². The molecule has 1 unspecified atom stereocenters. The average molecular weight is 441 g/mol. The van der Waals surface area contributed by atoms with Crippen LogP contribution in [0.3, 0.4) is 0 Å². The van der Waals surface area contributed by atoms with Crippen molar-refractivity contribution >= 4 is 10.0 Å². The van der Waals surface area contributed by atoms with E-state index in [9.17, 15) is 8.42 Å². The van der Waals surface area contributed by atoms with Crippen LogP contribution in [0.1, 0.15) is 48.3 Å². The van der Waals surface area contributed by atoms with Gasteiger partial charge in [0.25, 0.3) is 0 Å². The first-order chi connectivity index (χ1) is 14.4. The summed E-state index contributed by atoms with van der Waals surface area (Å²) < 4.78 is 48.9. The van der Waals surface area contributed by atoms with Crippen LogP contribution < -0.4 is 0 Å². The molecule has 0 aliphatic carbocycles. The van der Waals surface area contributed by atoms with E-state index in [1.807, 2.05) is 0 Å². The van der Waals surface area contributed by atoms with Gasteiger partial charge in [-0.1, -0.05) is 10.3 Å². The van der Waals surface area contributed by atoms with Gasteiger partial charge in [-0.15, -0.1) is 0 Å². The molecular weight excluding hydrogens is 412 g/mol. The Morgan fingerprint density at radius 3 is 2.67 bits per heavy atom. The van der Waals surface area contributed by atoms with Gasteiger partial charge in [0.1, 0.15) is 10.6 Å². The molecule has 10 nitrogen and oxygen atoms in total. The van der Waals surface area contributed by atoms with E-state index in [1.165, 1.54) is 4.31 Å². The maximum Gasteiger partial charge on any atom is 0.248 e.